The van der Waals surface area contributed by atoms with E-state index in [2.05, 4.69) is 10.6 Å². The third kappa shape index (κ3) is 3.48. The standard InChI is InChI=1S/C11H13Cl2N3O2/c12-8-5-10(11(16(17)18)6-9(8)13)15-4-3-14-7-1-2-7/h5-7,14-15H,1-4H2. The van der Waals surface area contributed by atoms with Crippen LogP contribution in [0.4, 0.5) is 11.4 Å². The van der Waals surface area contributed by atoms with Crippen LogP contribution in [0.1, 0.15) is 12.8 Å². The molecule has 1 aromatic carbocycles. The molecule has 1 aliphatic rings. The molecule has 0 aliphatic heterocycles. The lowest BCUT2D eigenvalue weighted by Gasteiger charge is -2.09. The Balaban J connectivity index is 1.99. The molecule has 0 unspecified atom stereocenters. The Bertz CT molecular complexity index is 464. The van der Waals surface area contributed by atoms with E-state index in [-0.39, 0.29) is 10.7 Å². The molecule has 0 atom stereocenters. The van der Waals surface area contributed by atoms with Crippen molar-refractivity contribution in [3.05, 3.63) is 32.3 Å². The second kappa shape index (κ2) is 5.73. The number of benzene rings is 1. The summed E-state index contributed by atoms with van der Waals surface area (Å²) >= 11 is 11.6. The van der Waals surface area contributed by atoms with Crippen molar-refractivity contribution in [1.82, 2.24) is 5.32 Å². The number of hydrogen-bond acceptors (Lipinski definition) is 4. The van der Waals surface area contributed by atoms with Crippen LogP contribution in [0.5, 0.6) is 0 Å². The third-order valence-electron chi connectivity index (χ3n) is 2.69. The summed E-state index contributed by atoms with van der Waals surface area (Å²) in [6.07, 6.45) is 2.43. The van der Waals surface area contributed by atoms with Crippen LogP contribution in [0.2, 0.25) is 10.0 Å². The van der Waals surface area contributed by atoms with Gasteiger partial charge in [0.05, 0.1) is 15.0 Å². The van der Waals surface area contributed by atoms with Crippen molar-refractivity contribution in [3.8, 4) is 0 Å². The van der Waals surface area contributed by atoms with Crippen molar-refractivity contribution in [2.24, 2.45) is 0 Å². The third-order valence-corrected chi connectivity index (χ3v) is 3.41. The summed E-state index contributed by atoms with van der Waals surface area (Å²) in [5, 5.41) is 17.7. The van der Waals surface area contributed by atoms with E-state index >= 15 is 0 Å². The fourth-order valence-corrected chi connectivity index (χ4v) is 1.91. The van der Waals surface area contributed by atoms with Crippen LogP contribution < -0.4 is 10.6 Å². The molecular weight excluding hydrogens is 277 g/mol. The Kier molecular flexibility index (Phi) is 4.27. The van der Waals surface area contributed by atoms with Gasteiger partial charge in [0.2, 0.25) is 0 Å². The van der Waals surface area contributed by atoms with Gasteiger partial charge < -0.3 is 10.6 Å². The molecule has 1 aromatic rings. The van der Waals surface area contributed by atoms with Crippen LogP contribution in [-0.4, -0.2) is 24.1 Å². The highest BCUT2D eigenvalue weighted by atomic mass is 35.5. The number of nitro benzene ring substituents is 1. The lowest BCUT2D eigenvalue weighted by atomic mass is 10.2. The molecule has 0 bridgehead atoms. The van der Waals surface area contributed by atoms with Crippen LogP contribution in [0.15, 0.2) is 12.1 Å². The SMILES string of the molecule is O=[N+]([O-])c1cc(Cl)c(Cl)cc1NCCNC1CC1. The Hall–Kier alpha value is -1.04. The summed E-state index contributed by atoms with van der Waals surface area (Å²) in [6.45, 7) is 1.37. The van der Waals surface area contributed by atoms with Crippen LogP contribution in [0.3, 0.4) is 0 Å². The zero-order chi connectivity index (χ0) is 13.1. The van der Waals surface area contributed by atoms with Gasteiger partial charge in [-0.1, -0.05) is 23.2 Å². The van der Waals surface area contributed by atoms with E-state index in [1.165, 1.54) is 25.0 Å². The molecule has 1 fully saturated rings. The Labute approximate surface area is 115 Å². The topological polar surface area (TPSA) is 67.2 Å². The van der Waals surface area contributed by atoms with E-state index in [4.69, 9.17) is 23.2 Å². The van der Waals surface area contributed by atoms with Gasteiger partial charge in [-0.25, -0.2) is 0 Å². The lowest BCUT2D eigenvalue weighted by molar-refractivity contribution is -0.383. The molecule has 18 heavy (non-hydrogen) atoms. The fourth-order valence-electron chi connectivity index (χ4n) is 1.59. The first-order chi connectivity index (χ1) is 8.58. The Morgan fingerprint density at radius 1 is 1.28 bits per heavy atom. The van der Waals surface area contributed by atoms with Crippen molar-refractivity contribution >= 4 is 34.6 Å². The Morgan fingerprint density at radius 3 is 2.56 bits per heavy atom. The van der Waals surface area contributed by atoms with E-state index in [0.29, 0.717) is 23.3 Å². The fraction of sp³-hybridized carbons (Fsp3) is 0.455. The van der Waals surface area contributed by atoms with Gasteiger partial charge in [0.1, 0.15) is 5.69 Å². The molecule has 1 saturated carbocycles. The lowest BCUT2D eigenvalue weighted by Crippen LogP contribution is -2.24. The monoisotopic (exact) mass is 289 g/mol. The average molecular weight is 290 g/mol. The van der Waals surface area contributed by atoms with Crippen molar-refractivity contribution in [1.29, 1.82) is 0 Å². The minimum Gasteiger partial charge on any atom is -0.378 e. The van der Waals surface area contributed by atoms with Crippen molar-refractivity contribution < 1.29 is 4.92 Å². The maximum Gasteiger partial charge on any atom is 0.293 e. The van der Waals surface area contributed by atoms with Crippen LogP contribution in [-0.2, 0) is 0 Å². The van der Waals surface area contributed by atoms with Crippen molar-refractivity contribution in [2.75, 3.05) is 18.4 Å². The average Bonchev–Trinajstić information content (AvgIpc) is 3.12. The molecule has 0 spiro atoms. The van der Waals surface area contributed by atoms with Crippen LogP contribution in [0, 0.1) is 10.1 Å². The van der Waals surface area contributed by atoms with E-state index in [9.17, 15) is 10.1 Å². The molecule has 0 heterocycles. The highest BCUT2D eigenvalue weighted by Gasteiger charge is 2.20. The predicted octanol–water partition coefficient (Wildman–Crippen LogP) is 3.07. The molecule has 7 heteroatoms. The van der Waals surface area contributed by atoms with Crippen LogP contribution in [0.25, 0.3) is 0 Å². The quantitative estimate of drug-likeness (QED) is 0.480. The van der Waals surface area contributed by atoms with Gasteiger partial charge in [0.15, 0.2) is 0 Å². The summed E-state index contributed by atoms with van der Waals surface area (Å²) in [5.41, 5.74) is 0.336. The zero-order valence-electron chi connectivity index (χ0n) is 9.58. The van der Waals surface area contributed by atoms with E-state index in [0.717, 1.165) is 6.54 Å². The number of halogens is 2. The summed E-state index contributed by atoms with van der Waals surface area (Å²) in [6, 6.07) is 3.37. The zero-order valence-corrected chi connectivity index (χ0v) is 11.1. The van der Waals surface area contributed by atoms with E-state index in [1.807, 2.05) is 0 Å². The first kappa shape index (κ1) is 13.4. The summed E-state index contributed by atoms with van der Waals surface area (Å²) in [4.78, 5) is 10.4. The van der Waals surface area contributed by atoms with Gasteiger partial charge in [0.25, 0.3) is 5.69 Å². The molecule has 2 N–H and O–H groups in total. The smallest absolute Gasteiger partial charge is 0.293 e. The van der Waals surface area contributed by atoms with Gasteiger partial charge in [0, 0.05) is 25.2 Å². The molecule has 1 aliphatic carbocycles. The van der Waals surface area contributed by atoms with E-state index in [1.54, 1.807) is 0 Å². The highest BCUT2D eigenvalue weighted by molar-refractivity contribution is 6.42. The van der Waals surface area contributed by atoms with Gasteiger partial charge in [-0.3, -0.25) is 10.1 Å². The number of nitrogens with zero attached hydrogens (tertiary/aromatic N) is 1. The van der Waals surface area contributed by atoms with Crippen molar-refractivity contribution in [2.45, 2.75) is 18.9 Å². The molecule has 5 nitrogen and oxygen atoms in total. The number of rotatable bonds is 6. The molecule has 0 aromatic heterocycles. The van der Waals surface area contributed by atoms with Gasteiger partial charge in [-0.05, 0) is 18.9 Å². The molecule has 0 amide bonds. The predicted molar refractivity (Wildman–Crippen MR) is 72.6 cm³/mol. The molecule has 0 saturated heterocycles. The Morgan fingerprint density at radius 2 is 1.94 bits per heavy atom. The molecule has 0 radical (unpaired) electrons. The minimum atomic E-state index is -0.473. The summed E-state index contributed by atoms with van der Waals surface area (Å²) < 4.78 is 0. The second-order valence-electron chi connectivity index (χ2n) is 4.20. The van der Waals surface area contributed by atoms with Crippen LogP contribution >= 0.6 is 23.2 Å². The van der Waals surface area contributed by atoms with Gasteiger partial charge >= 0.3 is 0 Å². The maximum absolute atomic E-state index is 10.9. The van der Waals surface area contributed by atoms with E-state index < -0.39 is 4.92 Å². The summed E-state index contributed by atoms with van der Waals surface area (Å²) in [5.74, 6) is 0. The number of anilines is 1. The minimum absolute atomic E-state index is 0.0594. The first-order valence-electron chi connectivity index (χ1n) is 5.68. The molecular formula is C11H13Cl2N3O2. The maximum atomic E-state index is 10.9. The van der Waals surface area contributed by atoms with Crippen molar-refractivity contribution in [3.63, 3.8) is 0 Å². The van der Waals surface area contributed by atoms with Gasteiger partial charge in [-0.2, -0.15) is 0 Å². The molecule has 98 valence electrons. The molecule has 2 rings (SSSR count). The van der Waals surface area contributed by atoms with Gasteiger partial charge in [-0.15, -0.1) is 0 Å². The number of hydrogen-bond donors (Lipinski definition) is 2. The largest absolute Gasteiger partial charge is 0.378 e. The number of nitrogens with one attached hydrogen (secondary N) is 2. The normalized spacial score (nSPS) is 14.6. The summed E-state index contributed by atoms with van der Waals surface area (Å²) in [7, 11) is 0. The number of nitro groups is 1. The first-order valence-corrected chi connectivity index (χ1v) is 6.44. The second-order valence-corrected chi connectivity index (χ2v) is 5.01. The highest BCUT2D eigenvalue weighted by Crippen LogP contribution is 2.33.